The summed E-state index contributed by atoms with van der Waals surface area (Å²) in [6.07, 6.45) is 0. The van der Waals surface area contributed by atoms with Gasteiger partial charge in [0.15, 0.2) is 11.5 Å². The molecule has 1 heterocycles. The molecule has 0 fully saturated rings. The molecular weight excluding hydrogens is 458 g/mol. The smallest absolute Gasteiger partial charge is 0.161 e. The molecule has 0 aliphatic heterocycles. The van der Waals surface area contributed by atoms with Gasteiger partial charge < -0.3 is 20.9 Å². The Balaban J connectivity index is 1.78. The van der Waals surface area contributed by atoms with E-state index >= 15 is 0 Å². The van der Waals surface area contributed by atoms with Crippen LogP contribution in [0.1, 0.15) is 16.7 Å². The normalized spacial score (nSPS) is 10.3. The van der Waals surface area contributed by atoms with Crippen molar-refractivity contribution < 1.29 is 9.47 Å². The number of hydrogen-bond acceptors (Lipinski definition) is 8. The fourth-order valence-electron chi connectivity index (χ4n) is 3.52. The highest BCUT2D eigenvalue weighted by Gasteiger charge is 2.22. The topological polar surface area (TPSA) is 131 Å². The fourth-order valence-corrected chi connectivity index (χ4v) is 4.45. The molecule has 0 saturated heterocycles. The number of benzene rings is 3. The first kappa shape index (κ1) is 23.5. The van der Waals surface area contributed by atoms with Crippen LogP contribution in [0.3, 0.4) is 0 Å². The van der Waals surface area contributed by atoms with Gasteiger partial charge in [0.2, 0.25) is 0 Å². The Bertz CT molecular complexity index is 1460. The lowest BCUT2D eigenvalue weighted by Gasteiger charge is -2.16. The van der Waals surface area contributed by atoms with Gasteiger partial charge >= 0.3 is 0 Å². The molecule has 0 aliphatic carbocycles. The van der Waals surface area contributed by atoms with E-state index in [0.717, 1.165) is 10.5 Å². The van der Waals surface area contributed by atoms with Gasteiger partial charge in [-0.05, 0) is 35.4 Å². The highest BCUT2D eigenvalue weighted by atomic mass is 32.2. The summed E-state index contributed by atoms with van der Waals surface area (Å²) in [7, 11) is 1.53. The van der Waals surface area contributed by atoms with Gasteiger partial charge in [-0.1, -0.05) is 60.3 Å². The third kappa shape index (κ3) is 4.98. The van der Waals surface area contributed by atoms with Gasteiger partial charge in [0.25, 0.3) is 0 Å². The molecule has 4 rings (SSSR count). The lowest BCUT2D eigenvalue weighted by Crippen LogP contribution is -2.04. The van der Waals surface area contributed by atoms with E-state index in [4.69, 9.17) is 20.9 Å². The Morgan fingerprint density at radius 1 is 0.886 bits per heavy atom. The molecule has 0 amide bonds. The van der Waals surface area contributed by atoms with Crippen LogP contribution < -0.4 is 20.9 Å². The number of methoxy groups -OCH3 is 1. The summed E-state index contributed by atoms with van der Waals surface area (Å²) in [6.45, 7) is 0.366. The number of anilines is 2. The van der Waals surface area contributed by atoms with Crippen molar-refractivity contribution >= 4 is 23.3 Å². The number of nitrogens with zero attached hydrogens (tertiary/aromatic N) is 3. The molecule has 0 saturated carbocycles. The van der Waals surface area contributed by atoms with Crippen LogP contribution >= 0.6 is 11.8 Å². The summed E-state index contributed by atoms with van der Waals surface area (Å²) >= 11 is 1.22. The minimum absolute atomic E-state index is 0.0295. The third-order valence-electron chi connectivity index (χ3n) is 5.23. The molecule has 0 unspecified atom stereocenters. The van der Waals surface area contributed by atoms with Crippen molar-refractivity contribution in [3.8, 4) is 34.8 Å². The molecule has 0 radical (unpaired) electrons. The van der Waals surface area contributed by atoms with E-state index in [-0.39, 0.29) is 16.9 Å². The van der Waals surface area contributed by atoms with Crippen LogP contribution in [0.4, 0.5) is 11.5 Å². The van der Waals surface area contributed by atoms with Crippen LogP contribution in [-0.2, 0) is 6.61 Å². The monoisotopic (exact) mass is 479 g/mol. The third-order valence-corrected chi connectivity index (χ3v) is 6.31. The first-order chi connectivity index (χ1) is 17.0. The summed E-state index contributed by atoms with van der Waals surface area (Å²) < 4.78 is 11.5. The predicted octanol–water partition coefficient (Wildman–Crippen LogP) is 5.40. The van der Waals surface area contributed by atoms with Crippen molar-refractivity contribution in [1.29, 1.82) is 10.5 Å². The van der Waals surface area contributed by atoms with Crippen LogP contribution in [0.25, 0.3) is 11.1 Å². The average Bonchev–Trinajstić information content (AvgIpc) is 2.89. The van der Waals surface area contributed by atoms with E-state index in [1.807, 2.05) is 48.5 Å². The molecule has 7 nitrogen and oxygen atoms in total. The molecule has 172 valence electrons. The van der Waals surface area contributed by atoms with E-state index in [1.165, 1.54) is 18.9 Å². The molecule has 4 N–H and O–H groups in total. The van der Waals surface area contributed by atoms with Crippen molar-refractivity contribution in [3.05, 3.63) is 89.5 Å². The van der Waals surface area contributed by atoms with E-state index in [9.17, 15) is 10.5 Å². The van der Waals surface area contributed by atoms with Gasteiger partial charge in [0.05, 0.1) is 12.7 Å². The SMILES string of the molecule is COc1cc(-c2c(C#N)c(N)nc(Sc3ccccc3N)c2C#N)ccc1OCc1ccccc1. The Morgan fingerprint density at radius 2 is 1.60 bits per heavy atom. The van der Waals surface area contributed by atoms with E-state index in [1.54, 1.807) is 24.3 Å². The van der Waals surface area contributed by atoms with Crippen LogP contribution in [0.5, 0.6) is 11.5 Å². The quantitative estimate of drug-likeness (QED) is 0.337. The molecule has 8 heteroatoms. The molecule has 0 aliphatic rings. The predicted molar refractivity (Wildman–Crippen MR) is 136 cm³/mol. The van der Waals surface area contributed by atoms with Crippen LogP contribution in [0.15, 0.2) is 82.7 Å². The zero-order valence-electron chi connectivity index (χ0n) is 18.9. The second-order valence-corrected chi connectivity index (χ2v) is 8.46. The summed E-state index contributed by atoms with van der Waals surface area (Å²) in [5.74, 6) is 1.02. The Hall–Kier alpha value is -4.66. The van der Waals surface area contributed by atoms with Gasteiger partial charge in [-0.3, -0.25) is 0 Å². The molecule has 0 spiro atoms. The van der Waals surface area contributed by atoms with Crippen molar-refractivity contribution in [2.45, 2.75) is 16.5 Å². The second-order valence-electron chi connectivity index (χ2n) is 7.43. The van der Waals surface area contributed by atoms with Crippen LogP contribution in [0.2, 0.25) is 0 Å². The lowest BCUT2D eigenvalue weighted by atomic mass is 9.96. The number of para-hydroxylation sites is 1. The molecule has 3 aromatic carbocycles. The van der Waals surface area contributed by atoms with Crippen molar-refractivity contribution in [2.75, 3.05) is 18.6 Å². The van der Waals surface area contributed by atoms with Crippen molar-refractivity contribution in [1.82, 2.24) is 4.98 Å². The molecule has 35 heavy (non-hydrogen) atoms. The van der Waals surface area contributed by atoms with Gasteiger partial charge in [-0.25, -0.2) is 4.98 Å². The molecular formula is C27H21N5O2S. The van der Waals surface area contributed by atoms with Crippen molar-refractivity contribution in [3.63, 3.8) is 0 Å². The summed E-state index contributed by atoms with van der Waals surface area (Å²) in [6, 6.07) is 26.6. The number of rotatable bonds is 7. The first-order valence-corrected chi connectivity index (χ1v) is 11.4. The fraction of sp³-hybridized carbons (Fsp3) is 0.0741. The first-order valence-electron chi connectivity index (χ1n) is 10.6. The zero-order chi connectivity index (χ0) is 24.8. The Kier molecular flexibility index (Phi) is 7.06. The number of ether oxygens (including phenoxy) is 2. The molecule has 1 aromatic heterocycles. The maximum absolute atomic E-state index is 10.1. The average molecular weight is 480 g/mol. The number of hydrogen-bond donors (Lipinski definition) is 2. The zero-order valence-corrected chi connectivity index (χ0v) is 19.7. The second kappa shape index (κ2) is 10.5. The Morgan fingerprint density at radius 3 is 2.29 bits per heavy atom. The van der Waals surface area contributed by atoms with E-state index < -0.39 is 0 Å². The van der Waals surface area contributed by atoms with Crippen LogP contribution in [-0.4, -0.2) is 12.1 Å². The Labute approximate surface area is 207 Å². The van der Waals surface area contributed by atoms with Crippen molar-refractivity contribution in [2.24, 2.45) is 0 Å². The maximum atomic E-state index is 10.1. The number of pyridine rings is 1. The largest absolute Gasteiger partial charge is 0.493 e. The number of aromatic nitrogens is 1. The molecule has 0 bridgehead atoms. The lowest BCUT2D eigenvalue weighted by molar-refractivity contribution is 0.284. The minimum Gasteiger partial charge on any atom is -0.493 e. The van der Waals surface area contributed by atoms with E-state index in [2.05, 4.69) is 17.1 Å². The number of nitrogen functional groups attached to an aromatic ring is 2. The van der Waals surface area contributed by atoms with E-state index in [0.29, 0.717) is 39.9 Å². The minimum atomic E-state index is 0.0295. The number of nitrogens with two attached hydrogens (primary N) is 2. The maximum Gasteiger partial charge on any atom is 0.161 e. The highest BCUT2D eigenvalue weighted by molar-refractivity contribution is 7.99. The van der Waals surface area contributed by atoms with Gasteiger partial charge in [0, 0.05) is 16.1 Å². The molecule has 0 atom stereocenters. The molecule has 4 aromatic rings. The highest BCUT2D eigenvalue weighted by Crippen LogP contribution is 2.41. The summed E-state index contributed by atoms with van der Waals surface area (Å²) in [5, 5.41) is 20.3. The summed E-state index contributed by atoms with van der Waals surface area (Å²) in [4.78, 5) is 5.08. The standard InChI is InChI=1S/C27H21N5O2S/c1-33-23-13-18(11-12-22(23)34-16-17-7-3-2-4-8-17)25-19(14-28)26(31)32-27(20(25)15-29)35-24-10-6-5-9-21(24)30/h2-13H,16,30H2,1H3,(H2,31,32). The number of nitriles is 2. The summed E-state index contributed by atoms with van der Waals surface area (Å²) in [5.41, 5.74) is 15.1. The van der Waals surface area contributed by atoms with Gasteiger partial charge in [-0.2, -0.15) is 10.5 Å². The van der Waals surface area contributed by atoms with Gasteiger partial charge in [0.1, 0.15) is 35.2 Å². The van der Waals surface area contributed by atoms with Gasteiger partial charge in [-0.15, -0.1) is 0 Å². The van der Waals surface area contributed by atoms with Crippen LogP contribution in [0, 0.1) is 22.7 Å².